The molecule has 0 aromatic heterocycles. The Morgan fingerprint density at radius 3 is 1.94 bits per heavy atom. The first-order chi connectivity index (χ1) is 7.71. The molecule has 0 fully saturated rings. The first kappa shape index (κ1) is 13.6. The number of hydrogen-bond acceptors (Lipinski definition) is 1. The van der Waals surface area contributed by atoms with Crippen molar-refractivity contribution < 1.29 is 4.79 Å². The fraction of sp³-hybridized carbons (Fsp3) is 0.500. The Kier molecular flexibility index (Phi) is 3.81. The van der Waals surface area contributed by atoms with Gasteiger partial charge in [-0.2, -0.15) is 0 Å². The predicted molar refractivity (Wildman–Crippen MR) is 70.9 cm³/mol. The number of hydrogen-bond donors (Lipinski definition) is 2. The van der Waals surface area contributed by atoms with Crippen molar-refractivity contribution in [2.45, 2.75) is 45.7 Å². The van der Waals surface area contributed by atoms with Crippen molar-refractivity contribution in [1.29, 1.82) is 0 Å². The number of benzene rings is 1. The lowest BCUT2D eigenvalue weighted by Gasteiger charge is -2.29. The lowest BCUT2D eigenvalue weighted by molar-refractivity contribution is 0.221. The van der Waals surface area contributed by atoms with Crippen LogP contribution in [0, 0.1) is 0 Å². The van der Waals surface area contributed by atoms with E-state index in [9.17, 15) is 4.79 Å². The van der Waals surface area contributed by atoms with Crippen molar-refractivity contribution in [3.8, 4) is 0 Å². The summed E-state index contributed by atoms with van der Waals surface area (Å²) in [6.07, 6.45) is 0. The van der Waals surface area contributed by atoms with E-state index in [1.165, 1.54) is 0 Å². The van der Waals surface area contributed by atoms with E-state index in [-0.39, 0.29) is 17.1 Å². The van der Waals surface area contributed by atoms with Crippen molar-refractivity contribution in [1.82, 2.24) is 10.6 Å². The summed E-state index contributed by atoms with van der Waals surface area (Å²) in [7, 11) is 0. The average Bonchev–Trinajstić information content (AvgIpc) is 2.15. The van der Waals surface area contributed by atoms with Crippen molar-refractivity contribution in [2.24, 2.45) is 0 Å². The topological polar surface area (TPSA) is 41.1 Å². The summed E-state index contributed by atoms with van der Waals surface area (Å²) < 4.78 is 0. The Labute approximate surface area is 104 Å². The highest BCUT2D eigenvalue weighted by Crippen LogP contribution is 2.19. The van der Waals surface area contributed by atoms with Gasteiger partial charge in [0.25, 0.3) is 0 Å². The molecule has 0 aliphatic carbocycles. The van der Waals surface area contributed by atoms with Crippen LogP contribution in [0.1, 0.15) is 40.2 Å². The second-order valence-electron chi connectivity index (χ2n) is 5.82. The summed E-state index contributed by atoms with van der Waals surface area (Å²) in [6.45, 7) is 9.86. The molecule has 1 aromatic carbocycles. The SMILES string of the molecule is CC(C)(C)NC(=O)NC(C)(C)c1ccccc1. The number of amides is 2. The van der Waals surface area contributed by atoms with Gasteiger partial charge >= 0.3 is 6.03 Å². The molecule has 0 aliphatic heterocycles. The van der Waals surface area contributed by atoms with Gasteiger partial charge in [-0.3, -0.25) is 0 Å². The zero-order valence-corrected chi connectivity index (χ0v) is 11.3. The molecule has 17 heavy (non-hydrogen) atoms. The second kappa shape index (κ2) is 4.78. The average molecular weight is 234 g/mol. The molecule has 0 saturated carbocycles. The highest BCUT2D eigenvalue weighted by molar-refractivity contribution is 5.75. The van der Waals surface area contributed by atoms with E-state index in [1.54, 1.807) is 0 Å². The van der Waals surface area contributed by atoms with Crippen LogP contribution in [0.3, 0.4) is 0 Å². The summed E-state index contributed by atoms with van der Waals surface area (Å²) in [5.74, 6) is 0. The molecular formula is C14H22N2O. The van der Waals surface area contributed by atoms with E-state index >= 15 is 0 Å². The first-order valence-corrected chi connectivity index (χ1v) is 5.86. The van der Waals surface area contributed by atoms with E-state index in [1.807, 2.05) is 65.0 Å². The van der Waals surface area contributed by atoms with Gasteiger partial charge in [0.05, 0.1) is 5.54 Å². The minimum absolute atomic E-state index is 0.147. The van der Waals surface area contributed by atoms with Gasteiger partial charge in [0.1, 0.15) is 0 Å². The largest absolute Gasteiger partial charge is 0.334 e. The van der Waals surface area contributed by atoms with Crippen LogP contribution < -0.4 is 10.6 Å². The molecule has 0 radical (unpaired) electrons. The molecule has 0 bridgehead atoms. The molecule has 3 nitrogen and oxygen atoms in total. The normalized spacial score (nSPS) is 12.1. The molecule has 2 N–H and O–H groups in total. The van der Waals surface area contributed by atoms with Gasteiger partial charge in [-0.25, -0.2) is 4.79 Å². The van der Waals surface area contributed by atoms with Crippen LogP contribution in [0.2, 0.25) is 0 Å². The van der Waals surface area contributed by atoms with Gasteiger partial charge in [0.2, 0.25) is 0 Å². The monoisotopic (exact) mass is 234 g/mol. The van der Waals surface area contributed by atoms with Crippen LogP contribution in [-0.2, 0) is 5.54 Å². The van der Waals surface area contributed by atoms with Crippen molar-refractivity contribution in [2.75, 3.05) is 0 Å². The fourth-order valence-electron chi connectivity index (χ4n) is 1.58. The number of carbonyl (C=O) groups is 1. The van der Waals surface area contributed by atoms with Crippen LogP contribution in [0.15, 0.2) is 30.3 Å². The lowest BCUT2D eigenvalue weighted by atomic mass is 9.94. The maximum Gasteiger partial charge on any atom is 0.315 e. The zero-order chi connectivity index (χ0) is 13.1. The summed E-state index contributed by atoms with van der Waals surface area (Å²) >= 11 is 0. The molecule has 94 valence electrons. The summed E-state index contributed by atoms with van der Waals surface area (Å²) in [5, 5.41) is 5.87. The number of nitrogens with one attached hydrogen (secondary N) is 2. The number of urea groups is 1. The third-order valence-electron chi connectivity index (χ3n) is 2.41. The molecule has 0 aliphatic rings. The Hall–Kier alpha value is -1.51. The van der Waals surface area contributed by atoms with Crippen LogP contribution in [0.5, 0.6) is 0 Å². The van der Waals surface area contributed by atoms with Crippen LogP contribution >= 0.6 is 0 Å². The highest BCUT2D eigenvalue weighted by Gasteiger charge is 2.24. The maximum absolute atomic E-state index is 11.8. The van der Waals surface area contributed by atoms with Gasteiger partial charge in [-0.1, -0.05) is 30.3 Å². The quantitative estimate of drug-likeness (QED) is 0.811. The van der Waals surface area contributed by atoms with Gasteiger partial charge in [-0.05, 0) is 40.2 Å². The summed E-state index contributed by atoms with van der Waals surface area (Å²) in [6, 6.07) is 9.79. The van der Waals surface area contributed by atoms with Crippen molar-refractivity contribution in [3.05, 3.63) is 35.9 Å². The van der Waals surface area contributed by atoms with Crippen molar-refractivity contribution >= 4 is 6.03 Å². The summed E-state index contributed by atoms with van der Waals surface area (Å²) in [4.78, 5) is 11.8. The Morgan fingerprint density at radius 1 is 0.941 bits per heavy atom. The Bertz CT molecular complexity index is 377. The van der Waals surface area contributed by atoms with Gasteiger partial charge in [0.15, 0.2) is 0 Å². The fourth-order valence-corrected chi connectivity index (χ4v) is 1.58. The smallest absolute Gasteiger partial charge is 0.315 e. The first-order valence-electron chi connectivity index (χ1n) is 5.86. The molecule has 1 aromatic rings. The van der Waals surface area contributed by atoms with Crippen molar-refractivity contribution in [3.63, 3.8) is 0 Å². The molecule has 0 heterocycles. The molecule has 0 saturated heterocycles. The van der Waals surface area contributed by atoms with E-state index in [4.69, 9.17) is 0 Å². The minimum Gasteiger partial charge on any atom is -0.334 e. The van der Waals surface area contributed by atoms with Gasteiger partial charge in [0, 0.05) is 5.54 Å². The van der Waals surface area contributed by atoms with E-state index in [0.29, 0.717) is 0 Å². The third kappa shape index (κ3) is 4.47. The van der Waals surface area contributed by atoms with E-state index < -0.39 is 0 Å². The van der Waals surface area contributed by atoms with Gasteiger partial charge in [-0.15, -0.1) is 0 Å². The lowest BCUT2D eigenvalue weighted by Crippen LogP contribution is -2.52. The molecule has 0 spiro atoms. The van der Waals surface area contributed by atoms with Crippen LogP contribution in [-0.4, -0.2) is 11.6 Å². The number of rotatable bonds is 2. The second-order valence-corrected chi connectivity index (χ2v) is 5.82. The molecule has 0 atom stereocenters. The molecule has 0 unspecified atom stereocenters. The molecule has 3 heteroatoms. The predicted octanol–water partition coefficient (Wildman–Crippen LogP) is 3.02. The summed E-state index contributed by atoms with van der Waals surface area (Å²) in [5.41, 5.74) is 0.483. The van der Waals surface area contributed by atoms with Crippen LogP contribution in [0.25, 0.3) is 0 Å². The standard InChI is InChI=1S/C14H22N2O/c1-13(2,3)15-12(17)16-14(4,5)11-9-7-6-8-10-11/h6-10H,1-5H3,(H2,15,16,17). The van der Waals surface area contributed by atoms with Crippen LogP contribution in [0.4, 0.5) is 4.79 Å². The van der Waals surface area contributed by atoms with E-state index in [2.05, 4.69) is 10.6 Å². The maximum atomic E-state index is 11.8. The zero-order valence-electron chi connectivity index (χ0n) is 11.3. The molecule has 1 rings (SSSR count). The van der Waals surface area contributed by atoms with Gasteiger partial charge < -0.3 is 10.6 Å². The van der Waals surface area contributed by atoms with E-state index in [0.717, 1.165) is 5.56 Å². The Morgan fingerprint density at radius 2 is 1.47 bits per heavy atom. The minimum atomic E-state index is -0.378. The molecular weight excluding hydrogens is 212 g/mol. The number of carbonyl (C=O) groups excluding carboxylic acids is 1. The molecule has 2 amide bonds. The highest BCUT2D eigenvalue weighted by atomic mass is 16.2. The Balaban J connectivity index is 2.71. The third-order valence-corrected chi connectivity index (χ3v) is 2.41.